The molecule has 0 bridgehead atoms. The van der Waals surface area contributed by atoms with Gasteiger partial charge in [0.05, 0.1) is 25.9 Å². The van der Waals surface area contributed by atoms with Gasteiger partial charge in [-0.25, -0.2) is 4.79 Å². The Bertz CT molecular complexity index is 1290. The maximum Gasteiger partial charge on any atom is 0.471 e. The molecular formula is C24H30F6N5O7P. The van der Waals surface area contributed by atoms with Crippen molar-refractivity contribution in [2.75, 3.05) is 20.3 Å². The lowest BCUT2D eigenvalue weighted by Gasteiger charge is -2.26. The van der Waals surface area contributed by atoms with Gasteiger partial charge in [0.25, 0.3) is 6.10 Å². The summed E-state index contributed by atoms with van der Waals surface area (Å²) in [6.45, 7) is 2.10. The second kappa shape index (κ2) is 14.8. The topological polar surface area (TPSA) is 142 Å². The normalized spacial score (nSPS) is 15.0. The minimum atomic E-state index is -5.22. The molecule has 2 aromatic rings. The lowest BCUT2D eigenvalue weighted by atomic mass is 10.0. The van der Waals surface area contributed by atoms with Crippen LogP contribution in [-0.4, -0.2) is 82.5 Å². The van der Waals surface area contributed by atoms with Crippen molar-refractivity contribution in [1.29, 1.82) is 0 Å². The van der Waals surface area contributed by atoms with E-state index < -0.39 is 69.6 Å². The first-order valence-electron chi connectivity index (χ1n) is 12.5. The van der Waals surface area contributed by atoms with Crippen LogP contribution in [0.5, 0.6) is 0 Å². The number of carbonyl (C=O) groups is 3. The predicted molar refractivity (Wildman–Crippen MR) is 136 cm³/mol. The minimum Gasteiger partial charge on any atom is -0.467 e. The lowest BCUT2D eigenvalue weighted by Crippen LogP contribution is -2.49. The van der Waals surface area contributed by atoms with Crippen LogP contribution in [0.2, 0.25) is 0 Å². The highest BCUT2D eigenvalue weighted by atomic mass is 31.2. The largest absolute Gasteiger partial charge is 0.471 e. The number of carbonyl (C=O) groups excluding carboxylic acids is 3. The molecule has 19 heteroatoms. The molecule has 0 spiro atoms. The summed E-state index contributed by atoms with van der Waals surface area (Å²) in [6, 6.07) is 7.10. The number of ether oxygens (including phenoxy) is 1. The molecule has 240 valence electrons. The Kier molecular flexibility index (Phi) is 12.3. The van der Waals surface area contributed by atoms with Crippen molar-refractivity contribution < 1.29 is 59.1 Å². The standard InChI is InChI=1S/C24H30F6N5O7P/c1-15(2)18(31-19(36)13-34(22(38)24(28,29)30)10-16-8-6-5-7-9-16)12-35-11-17(32-33-35)14-41-43(4,39)42-20(21(37)40-3)23(25,26)27/h5-9,11,15,18,20H,10,12-14H2,1-4H3,(H,31,36)/t18-,20?,43?/m1/s1. The molecule has 3 atom stereocenters. The van der Waals surface area contributed by atoms with Crippen molar-refractivity contribution >= 4 is 25.4 Å². The molecule has 0 aliphatic carbocycles. The van der Waals surface area contributed by atoms with Gasteiger partial charge in [-0.3, -0.25) is 23.4 Å². The van der Waals surface area contributed by atoms with E-state index >= 15 is 0 Å². The van der Waals surface area contributed by atoms with Gasteiger partial charge in [-0.2, -0.15) is 26.3 Å². The lowest BCUT2D eigenvalue weighted by molar-refractivity contribution is -0.211. The SMILES string of the molecule is COC(=O)C(OP(C)(=O)OCc1cn(C[C@@H](NC(=O)CN(Cc2ccccc2)C(=O)C(F)(F)F)C(C)C)nn1)C(F)(F)F. The van der Waals surface area contributed by atoms with E-state index in [0.29, 0.717) is 24.2 Å². The molecule has 12 nitrogen and oxygen atoms in total. The zero-order chi connectivity index (χ0) is 32.6. The Hall–Kier alpha value is -3.50. The highest BCUT2D eigenvalue weighted by molar-refractivity contribution is 7.53. The van der Waals surface area contributed by atoms with E-state index in [1.807, 2.05) is 0 Å². The molecule has 0 fully saturated rings. The van der Waals surface area contributed by atoms with Gasteiger partial charge in [0, 0.05) is 13.2 Å². The summed E-state index contributed by atoms with van der Waals surface area (Å²) in [5, 5.41) is 10.1. The third-order valence-corrected chi connectivity index (χ3v) is 6.85. The minimum absolute atomic E-state index is 0.00838. The van der Waals surface area contributed by atoms with Crippen LogP contribution < -0.4 is 5.32 Å². The van der Waals surface area contributed by atoms with E-state index in [4.69, 9.17) is 4.52 Å². The summed E-state index contributed by atoms with van der Waals surface area (Å²) < 4.78 is 106. The molecule has 0 radical (unpaired) electrons. The first kappa shape index (κ1) is 35.7. The third kappa shape index (κ3) is 11.6. The van der Waals surface area contributed by atoms with E-state index in [2.05, 4.69) is 24.9 Å². The van der Waals surface area contributed by atoms with Crippen LogP contribution in [0, 0.1) is 5.92 Å². The Balaban J connectivity index is 2.04. The van der Waals surface area contributed by atoms with Gasteiger partial charge in [-0.05, 0) is 11.5 Å². The van der Waals surface area contributed by atoms with Crippen LogP contribution >= 0.6 is 7.60 Å². The van der Waals surface area contributed by atoms with Crippen LogP contribution in [0.15, 0.2) is 36.5 Å². The zero-order valence-corrected chi connectivity index (χ0v) is 24.3. The van der Waals surface area contributed by atoms with Crippen LogP contribution in [-0.2, 0) is 52.4 Å². The number of methoxy groups -OCH3 is 1. The molecule has 0 aliphatic heterocycles. The molecule has 2 unspecified atom stereocenters. The van der Waals surface area contributed by atoms with Crippen molar-refractivity contribution in [1.82, 2.24) is 25.2 Å². The summed E-state index contributed by atoms with van der Waals surface area (Å²) in [7, 11) is -3.76. The number of benzene rings is 1. The summed E-state index contributed by atoms with van der Waals surface area (Å²) in [4.78, 5) is 36.5. The van der Waals surface area contributed by atoms with Crippen molar-refractivity contribution in [2.45, 2.75) is 58.0 Å². The van der Waals surface area contributed by atoms with Crippen LogP contribution in [0.3, 0.4) is 0 Å². The van der Waals surface area contributed by atoms with E-state index in [0.717, 1.165) is 0 Å². The number of halogens is 6. The average Bonchev–Trinajstić information content (AvgIpc) is 3.36. The van der Waals surface area contributed by atoms with Gasteiger partial charge < -0.3 is 19.5 Å². The van der Waals surface area contributed by atoms with Crippen LogP contribution in [0.1, 0.15) is 25.1 Å². The smallest absolute Gasteiger partial charge is 0.467 e. The van der Waals surface area contributed by atoms with Gasteiger partial charge in [-0.1, -0.05) is 49.4 Å². The number of hydrogen-bond donors (Lipinski definition) is 1. The molecule has 2 amide bonds. The molecule has 0 saturated carbocycles. The number of amides is 2. The summed E-state index contributed by atoms with van der Waals surface area (Å²) in [5.41, 5.74) is 0.373. The monoisotopic (exact) mass is 645 g/mol. The van der Waals surface area contributed by atoms with Crippen molar-refractivity contribution in [3.05, 3.63) is 47.8 Å². The van der Waals surface area contributed by atoms with Crippen LogP contribution in [0.25, 0.3) is 0 Å². The zero-order valence-electron chi connectivity index (χ0n) is 23.4. The summed E-state index contributed by atoms with van der Waals surface area (Å²) in [5.74, 6) is -5.16. The Morgan fingerprint density at radius 1 is 1.09 bits per heavy atom. The molecule has 1 aromatic heterocycles. The molecule has 43 heavy (non-hydrogen) atoms. The first-order chi connectivity index (χ1) is 19.8. The number of rotatable bonds is 14. The number of nitrogens with zero attached hydrogens (tertiary/aromatic N) is 4. The number of esters is 1. The number of hydrogen-bond acceptors (Lipinski definition) is 9. The highest BCUT2D eigenvalue weighted by Crippen LogP contribution is 2.48. The van der Waals surface area contributed by atoms with Gasteiger partial charge in [0.1, 0.15) is 18.8 Å². The maximum atomic E-state index is 13.2. The molecule has 1 heterocycles. The molecule has 1 aromatic carbocycles. The molecule has 0 saturated heterocycles. The molecule has 0 aliphatic rings. The number of alkyl halides is 6. The van der Waals surface area contributed by atoms with E-state index in [9.17, 15) is 45.3 Å². The van der Waals surface area contributed by atoms with Crippen molar-refractivity contribution in [3.8, 4) is 0 Å². The Morgan fingerprint density at radius 3 is 2.26 bits per heavy atom. The Labute approximate surface area is 242 Å². The van der Waals surface area contributed by atoms with Gasteiger partial charge in [-0.15, -0.1) is 5.10 Å². The molecular weight excluding hydrogens is 615 g/mol. The van der Waals surface area contributed by atoms with Crippen molar-refractivity contribution in [2.24, 2.45) is 5.92 Å². The number of nitrogens with one attached hydrogen (secondary N) is 1. The van der Waals surface area contributed by atoms with Gasteiger partial charge >= 0.3 is 31.8 Å². The average molecular weight is 645 g/mol. The van der Waals surface area contributed by atoms with E-state index in [-0.39, 0.29) is 18.2 Å². The van der Waals surface area contributed by atoms with E-state index in [1.54, 1.807) is 32.0 Å². The number of aromatic nitrogens is 3. The maximum absolute atomic E-state index is 13.2. The Morgan fingerprint density at radius 2 is 1.72 bits per heavy atom. The fourth-order valence-electron chi connectivity index (χ4n) is 3.48. The van der Waals surface area contributed by atoms with Gasteiger partial charge in [0.2, 0.25) is 5.91 Å². The molecule has 1 N–H and O–H groups in total. The predicted octanol–water partition coefficient (Wildman–Crippen LogP) is 3.47. The summed E-state index contributed by atoms with van der Waals surface area (Å²) >= 11 is 0. The fourth-order valence-corrected chi connectivity index (χ4v) is 4.49. The third-order valence-electron chi connectivity index (χ3n) is 5.66. The van der Waals surface area contributed by atoms with Crippen molar-refractivity contribution in [3.63, 3.8) is 0 Å². The molecule has 2 rings (SSSR count). The highest BCUT2D eigenvalue weighted by Gasteiger charge is 2.50. The second-order valence-corrected chi connectivity index (χ2v) is 11.6. The first-order valence-corrected chi connectivity index (χ1v) is 14.4. The summed E-state index contributed by atoms with van der Waals surface area (Å²) in [6.07, 6.45) is -12.3. The fraction of sp³-hybridized carbons (Fsp3) is 0.542. The van der Waals surface area contributed by atoms with E-state index in [1.165, 1.54) is 23.0 Å². The van der Waals surface area contributed by atoms with Gasteiger partial charge in [0.15, 0.2) is 0 Å². The quantitative estimate of drug-likeness (QED) is 0.186. The second-order valence-electron chi connectivity index (χ2n) is 9.59. The van der Waals surface area contributed by atoms with Crippen LogP contribution in [0.4, 0.5) is 26.3 Å².